The first kappa shape index (κ1) is 15.8. The first-order chi connectivity index (χ1) is 10.1. The van der Waals surface area contributed by atoms with Crippen molar-refractivity contribution in [3.63, 3.8) is 0 Å². The minimum absolute atomic E-state index is 0.241. The number of nitrogens with one attached hydrogen (secondary N) is 3. The summed E-state index contributed by atoms with van der Waals surface area (Å²) in [6.07, 6.45) is 0. The number of anilines is 2. The number of hydrogen-bond acceptors (Lipinski definition) is 2. The molecule has 2 rings (SSSR count). The quantitative estimate of drug-likeness (QED) is 0.680. The van der Waals surface area contributed by atoms with E-state index in [0.29, 0.717) is 0 Å². The maximum atomic E-state index is 12.0. The molecular weight excluding hydrogens is 377 g/mol. The zero-order valence-corrected chi connectivity index (χ0v) is 14.1. The molecule has 5 heteroatoms. The van der Waals surface area contributed by atoms with Crippen LogP contribution in [0.1, 0.15) is 18.5 Å². The standard InChI is InChI=1S/C16H18IN3O/c1-11(18-2)12-5-3-7-14(9-12)19-16(21)20-15-8-4-6-13(17)10-15/h3-11,18H,1-2H3,(H2,19,20,21). The van der Waals surface area contributed by atoms with Gasteiger partial charge in [0.05, 0.1) is 0 Å². The van der Waals surface area contributed by atoms with E-state index in [9.17, 15) is 4.79 Å². The van der Waals surface area contributed by atoms with Crippen LogP contribution in [0.25, 0.3) is 0 Å². The second-order valence-corrected chi connectivity index (χ2v) is 5.97. The van der Waals surface area contributed by atoms with Crippen molar-refractivity contribution < 1.29 is 4.79 Å². The average Bonchev–Trinajstić information content (AvgIpc) is 2.46. The second-order valence-electron chi connectivity index (χ2n) is 4.73. The average molecular weight is 395 g/mol. The van der Waals surface area contributed by atoms with Crippen LogP contribution in [0, 0.1) is 3.57 Å². The highest BCUT2D eigenvalue weighted by Crippen LogP contribution is 2.18. The van der Waals surface area contributed by atoms with Crippen LogP contribution in [0.5, 0.6) is 0 Å². The highest BCUT2D eigenvalue weighted by Gasteiger charge is 2.06. The van der Waals surface area contributed by atoms with E-state index in [4.69, 9.17) is 0 Å². The first-order valence-corrected chi connectivity index (χ1v) is 7.77. The summed E-state index contributed by atoms with van der Waals surface area (Å²) in [4.78, 5) is 12.0. The molecule has 1 unspecified atom stereocenters. The number of hydrogen-bond donors (Lipinski definition) is 3. The van der Waals surface area contributed by atoms with Crippen molar-refractivity contribution in [3.05, 3.63) is 57.7 Å². The molecule has 2 amide bonds. The van der Waals surface area contributed by atoms with Gasteiger partial charge in [0.1, 0.15) is 0 Å². The molecule has 1 atom stereocenters. The van der Waals surface area contributed by atoms with E-state index in [-0.39, 0.29) is 12.1 Å². The molecule has 0 spiro atoms. The summed E-state index contributed by atoms with van der Waals surface area (Å²) in [5.41, 5.74) is 2.68. The highest BCUT2D eigenvalue weighted by atomic mass is 127. The largest absolute Gasteiger partial charge is 0.323 e. The maximum absolute atomic E-state index is 12.0. The van der Waals surface area contributed by atoms with Crippen LogP contribution in [-0.2, 0) is 0 Å². The van der Waals surface area contributed by atoms with Gasteiger partial charge in [0, 0.05) is 21.0 Å². The third kappa shape index (κ3) is 4.71. The van der Waals surface area contributed by atoms with Crippen LogP contribution >= 0.6 is 22.6 Å². The van der Waals surface area contributed by atoms with Gasteiger partial charge in [0.15, 0.2) is 0 Å². The van der Waals surface area contributed by atoms with E-state index in [2.05, 4.69) is 45.5 Å². The topological polar surface area (TPSA) is 53.2 Å². The zero-order valence-electron chi connectivity index (χ0n) is 12.0. The van der Waals surface area contributed by atoms with Crippen LogP contribution < -0.4 is 16.0 Å². The van der Waals surface area contributed by atoms with Crippen LogP contribution in [0.3, 0.4) is 0 Å². The fourth-order valence-corrected chi connectivity index (χ4v) is 2.46. The van der Waals surface area contributed by atoms with Crippen molar-refractivity contribution in [1.29, 1.82) is 0 Å². The Labute approximate surface area is 138 Å². The molecule has 0 saturated carbocycles. The Bertz CT molecular complexity index is 630. The first-order valence-electron chi connectivity index (χ1n) is 6.69. The van der Waals surface area contributed by atoms with Gasteiger partial charge in [-0.1, -0.05) is 18.2 Å². The normalized spacial score (nSPS) is 11.8. The van der Waals surface area contributed by atoms with Gasteiger partial charge in [-0.05, 0) is 72.5 Å². The van der Waals surface area contributed by atoms with E-state index in [1.165, 1.54) is 0 Å². The third-order valence-electron chi connectivity index (χ3n) is 3.16. The molecule has 0 aliphatic carbocycles. The fraction of sp³-hybridized carbons (Fsp3) is 0.188. The predicted octanol–water partition coefficient (Wildman–Crippen LogP) is 4.22. The Hall–Kier alpha value is -1.60. The molecule has 4 nitrogen and oxygen atoms in total. The van der Waals surface area contributed by atoms with Gasteiger partial charge >= 0.3 is 6.03 Å². The molecule has 3 N–H and O–H groups in total. The lowest BCUT2D eigenvalue weighted by atomic mass is 10.1. The number of urea groups is 1. The maximum Gasteiger partial charge on any atom is 0.323 e. The summed E-state index contributed by atoms with van der Waals surface area (Å²) in [6.45, 7) is 2.07. The van der Waals surface area contributed by atoms with E-state index in [1.807, 2.05) is 55.6 Å². The van der Waals surface area contributed by atoms with Crippen molar-refractivity contribution in [2.45, 2.75) is 13.0 Å². The van der Waals surface area contributed by atoms with Crippen molar-refractivity contribution >= 4 is 40.0 Å². The summed E-state index contributed by atoms with van der Waals surface area (Å²) in [5.74, 6) is 0. The third-order valence-corrected chi connectivity index (χ3v) is 3.83. The fourth-order valence-electron chi connectivity index (χ4n) is 1.91. The minimum atomic E-state index is -0.244. The molecule has 0 saturated heterocycles. The van der Waals surface area contributed by atoms with Crippen molar-refractivity contribution in [2.75, 3.05) is 17.7 Å². The molecule has 0 aliphatic heterocycles. The molecule has 0 bridgehead atoms. The molecule has 0 heterocycles. The van der Waals surface area contributed by atoms with Gasteiger partial charge in [-0.3, -0.25) is 0 Å². The summed E-state index contributed by atoms with van der Waals surface area (Å²) in [5, 5.41) is 8.85. The molecule has 2 aromatic rings. The van der Waals surface area contributed by atoms with Gasteiger partial charge in [-0.2, -0.15) is 0 Å². The molecule has 0 fully saturated rings. The summed E-state index contributed by atoms with van der Waals surface area (Å²) in [7, 11) is 1.91. The van der Waals surface area contributed by atoms with Crippen LogP contribution in [0.4, 0.5) is 16.2 Å². The number of carbonyl (C=O) groups excluding carboxylic acids is 1. The lowest BCUT2D eigenvalue weighted by Crippen LogP contribution is -2.20. The molecular formula is C16H18IN3O. The summed E-state index contributed by atoms with van der Waals surface area (Å²) in [6, 6.07) is 15.5. The van der Waals surface area contributed by atoms with E-state index < -0.39 is 0 Å². The van der Waals surface area contributed by atoms with Crippen LogP contribution in [-0.4, -0.2) is 13.1 Å². The minimum Gasteiger partial charge on any atom is -0.313 e. The lowest BCUT2D eigenvalue weighted by Gasteiger charge is -2.13. The van der Waals surface area contributed by atoms with Crippen molar-refractivity contribution in [3.8, 4) is 0 Å². The van der Waals surface area contributed by atoms with E-state index in [1.54, 1.807) is 0 Å². The monoisotopic (exact) mass is 395 g/mol. The number of halogens is 1. The summed E-state index contributed by atoms with van der Waals surface area (Å²) >= 11 is 2.21. The SMILES string of the molecule is CNC(C)c1cccc(NC(=O)Nc2cccc(I)c2)c1. The molecule has 110 valence electrons. The Balaban J connectivity index is 2.02. The van der Waals surface area contributed by atoms with Crippen molar-refractivity contribution in [1.82, 2.24) is 5.32 Å². The van der Waals surface area contributed by atoms with Crippen LogP contribution in [0.15, 0.2) is 48.5 Å². The number of benzene rings is 2. The van der Waals surface area contributed by atoms with Gasteiger partial charge in [-0.15, -0.1) is 0 Å². The van der Waals surface area contributed by atoms with Gasteiger partial charge in [0.25, 0.3) is 0 Å². The van der Waals surface area contributed by atoms with E-state index >= 15 is 0 Å². The Kier molecular flexibility index (Phi) is 5.58. The Morgan fingerprint density at radius 1 is 1.05 bits per heavy atom. The smallest absolute Gasteiger partial charge is 0.313 e. The van der Waals surface area contributed by atoms with Gasteiger partial charge < -0.3 is 16.0 Å². The zero-order chi connectivity index (χ0) is 15.2. The molecule has 21 heavy (non-hydrogen) atoms. The summed E-state index contributed by atoms with van der Waals surface area (Å²) < 4.78 is 1.08. The highest BCUT2D eigenvalue weighted by molar-refractivity contribution is 14.1. The Morgan fingerprint density at radius 2 is 1.67 bits per heavy atom. The lowest BCUT2D eigenvalue weighted by molar-refractivity contribution is 0.262. The number of amides is 2. The molecule has 0 radical (unpaired) electrons. The molecule has 0 aromatic heterocycles. The predicted molar refractivity (Wildman–Crippen MR) is 95.7 cm³/mol. The van der Waals surface area contributed by atoms with E-state index in [0.717, 1.165) is 20.5 Å². The molecule has 2 aromatic carbocycles. The van der Waals surface area contributed by atoms with Crippen LogP contribution in [0.2, 0.25) is 0 Å². The number of carbonyl (C=O) groups is 1. The van der Waals surface area contributed by atoms with Crippen molar-refractivity contribution in [2.24, 2.45) is 0 Å². The Morgan fingerprint density at radius 3 is 2.29 bits per heavy atom. The second kappa shape index (κ2) is 7.42. The van der Waals surface area contributed by atoms with Gasteiger partial charge in [0.2, 0.25) is 0 Å². The van der Waals surface area contributed by atoms with Gasteiger partial charge in [-0.25, -0.2) is 4.79 Å². The number of rotatable bonds is 4. The molecule has 0 aliphatic rings.